The van der Waals surface area contributed by atoms with Crippen LogP contribution in [-0.4, -0.2) is 16.8 Å². The first-order valence-electron chi connectivity index (χ1n) is 11.9. The predicted molar refractivity (Wildman–Crippen MR) is 145 cm³/mol. The lowest BCUT2D eigenvalue weighted by molar-refractivity contribution is 0.0990. The van der Waals surface area contributed by atoms with Crippen LogP contribution in [0.2, 0.25) is 0 Å². The zero-order valence-electron chi connectivity index (χ0n) is 20.2. The van der Waals surface area contributed by atoms with Gasteiger partial charge in [0.05, 0.1) is 17.6 Å². The van der Waals surface area contributed by atoms with Crippen LogP contribution < -0.4 is 10.6 Å². The third-order valence-corrected chi connectivity index (χ3v) is 7.23. The first kappa shape index (κ1) is 22.1. The summed E-state index contributed by atoms with van der Waals surface area (Å²) in [5.41, 5.74) is 15.5. The van der Waals surface area contributed by atoms with E-state index in [4.69, 9.17) is 5.73 Å². The topological polar surface area (TPSA) is 79.2 Å². The fraction of sp³-hybridized carbons (Fsp3) is 0.0968. The fourth-order valence-corrected chi connectivity index (χ4v) is 5.40. The monoisotopic (exact) mass is 471 g/mol. The first-order chi connectivity index (χ1) is 17.4. The van der Waals surface area contributed by atoms with Crippen LogP contribution in [0, 0.1) is 27.2 Å². The van der Waals surface area contributed by atoms with E-state index in [1.165, 1.54) is 0 Å². The van der Waals surface area contributed by atoms with Crippen LogP contribution in [0.15, 0.2) is 66.7 Å². The average molecular weight is 472 g/mol. The van der Waals surface area contributed by atoms with Gasteiger partial charge in [0.2, 0.25) is 0 Å². The molecule has 5 nitrogen and oxygen atoms in total. The zero-order chi connectivity index (χ0) is 25.1. The number of fused-ring (bicyclic) bond motifs is 4. The molecule has 1 aliphatic rings. The summed E-state index contributed by atoms with van der Waals surface area (Å²) in [6.45, 7) is 8.46. The average Bonchev–Trinajstić information content (AvgIpc) is 3.41. The van der Waals surface area contributed by atoms with Crippen molar-refractivity contribution >= 4 is 39.3 Å². The molecule has 2 radical (unpaired) electrons. The Kier molecular flexibility index (Phi) is 4.97. The Morgan fingerprint density at radius 1 is 1.00 bits per heavy atom. The Balaban J connectivity index is 1.56. The number of primary amides is 1. The highest BCUT2D eigenvalue weighted by Crippen LogP contribution is 2.41. The summed E-state index contributed by atoms with van der Waals surface area (Å²) in [4.78, 5) is 30.9. The van der Waals surface area contributed by atoms with Gasteiger partial charge in [-0.15, -0.1) is 0 Å². The van der Waals surface area contributed by atoms with Crippen molar-refractivity contribution in [3.8, 4) is 11.1 Å². The number of amides is 2. The number of aromatic nitrogens is 1. The number of hydrogen-bond acceptors (Lipinski definition) is 2. The largest absolute Gasteiger partial charge is 0.366 e. The molecule has 0 atom stereocenters. The molecule has 0 fully saturated rings. The van der Waals surface area contributed by atoms with Gasteiger partial charge in [-0.05, 0) is 79.3 Å². The summed E-state index contributed by atoms with van der Waals surface area (Å²) in [5, 5.41) is 1.93. The van der Waals surface area contributed by atoms with Gasteiger partial charge in [-0.2, -0.15) is 0 Å². The van der Waals surface area contributed by atoms with Crippen molar-refractivity contribution < 1.29 is 9.59 Å². The minimum Gasteiger partial charge on any atom is -0.366 e. The van der Waals surface area contributed by atoms with Gasteiger partial charge in [0, 0.05) is 27.5 Å². The van der Waals surface area contributed by atoms with Crippen LogP contribution in [0.5, 0.6) is 0 Å². The number of carbonyl (C=O) groups excluding carboxylic acids is 2. The van der Waals surface area contributed by atoms with E-state index in [-0.39, 0.29) is 5.91 Å². The van der Waals surface area contributed by atoms with Gasteiger partial charge in [0.15, 0.2) is 0 Å². The van der Waals surface area contributed by atoms with E-state index < -0.39 is 5.91 Å². The van der Waals surface area contributed by atoms with Crippen molar-refractivity contribution in [1.82, 2.24) is 4.98 Å². The Labute approximate surface area is 209 Å². The maximum Gasteiger partial charge on any atom is 0.258 e. The van der Waals surface area contributed by atoms with Crippen molar-refractivity contribution in [2.24, 2.45) is 5.73 Å². The second-order valence-electron chi connectivity index (χ2n) is 9.41. The molecule has 5 aromatic rings. The molecule has 0 unspecified atom stereocenters. The molecule has 1 aromatic heterocycles. The molecule has 176 valence electrons. The highest BCUT2D eigenvalue weighted by atomic mass is 16.2. The molecule has 2 heterocycles. The molecular formula is C31H25N3O2. The second kappa shape index (κ2) is 8.09. The zero-order valence-corrected chi connectivity index (χ0v) is 20.2. The molecule has 1 aliphatic heterocycles. The van der Waals surface area contributed by atoms with E-state index >= 15 is 0 Å². The minimum atomic E-state index is -0.483. The van der Waals surface area contributed by atoms with Crippen molar-refractivity contribution in [2.75, 3.05) is 4.90 Å². The smallest absolute Gasteiger partial charge is 0.258 e. The number of anilines is 1. The molecule has 0 aliphatic carbocycles. The SMILES string of the molecule is [CH2][CH]c1ccc2c(c1)[nH]c1c(C(N)=O)ccc(-c3cccc(N4Cc5ccc(C)cc5C4=O)c3C)c12. The number of aromatic amines is 1. The van der Waals surface area contributed by atoms with Gasteiger partial charge >= 0.3 is 0 Å². The van der Waals surface area contributed by atoms with Gasteiger partial charge in [-0.1, -0.05) is 48.0 Å². The van der Waals surface area contributed by atoms with Crippen LogP contribution in [0.3, 0.4) is 0 Å². The molecule has 3 N–H and O–H groups in total. The minimum absolute atomic E-state index is 0.0206. The molecule has 0 spiro atoms. The maximum absolute atomic E-state index is 13.3. The summed E-state index contributed by atoms with van der Waals surface area (Å²) in [6.07, 6.45) is 1.79. The lowest BCUT2D eigenvalue weighted by Gasteiger charge is -2.21. The molecular weight excluding hydrogens is 446 g/mol. The fourth-order valence-electron chi connectivity index (χ4n) is 5.40. The van der Waals surface area contributed by atoms with Crippen molar-refractivity contribution in [2.45, 2.75) is 20.4 Å². The van der Waals surface area contributed by atoms with Gasteiger partial charge in [0.1, 0.15) is 0 Å². The van der Waals surface area contributed by atoms with Crippen molar-refractivity contribution in [3.63, 3.8) is 0 Å². The molecule has 0 bridgehead atoms. The molecule has 2 amide bonds. The lowest BCUT2D eigenvalue weighted by atomic mass is 9.93. The van der Waals surface area contributed by atoms with Crippen LogP contribution in [0.4, 0.5) is 5.69 Å². The molecule has 0 saturated carbocycles. The Morgan fingerprint density at radius 2 is 1.83 bits per heavy atom. The Morgan fingerprint density at radius 3 is 2.61 bits per heavy atom. The van der Waals surface area contributed by atoms with E-state index in [0.29, 0.717) is 17.6 Å². The quantitative estimate of drug-likeness (QED) is 0.325. The molecule has 0 saturated heterocycles. The summed E-state index contributed by atoms with van der Waals surface area (Å²) in [7, 11) is 0. The highest BCUT2D eigenvalue weighted by molar-refractivity contribution is 6.20. The normalized spacial score (nSPS) is 13.1. The van der Waals surface area contributed by atoms with E-state index in [9.17, 15) is 9.59 Å². The summed E-state index contributed by atoms with van der Waals surface area (Å²) in [5.74, 6) is -0.463. The third kappa shape index (κ3) is 3.23. The molecule has 4 aromatic carbocycles. The number of nitrogens with one attached hydrogen (secondary N) is 1. The van der Waals surface area contributed by atoms with E-state index in [2.05, 4.69) is 18.0 Å². The third-order valence-electron chi connectivity index (χ3n) is 7.23. The van der Waals surface area contributed by atoms with Gasteiger partial charge in [0.25, 0.3) is 11.8 Å². The van der Waals surface area contributed by atoms with E-state index in [1.54, 1.807) is 12.5 Å². The predicted octanol–water partition coefficient (Wildman–Crippen LogP) is 6.25. The summed E-state index contributed by atoms with van der Waals surface area (Å²) < 4.78 is 0. The van der Waals surface area contributed by atoms with Crippen LogP contribution >= 0.6 is 0 Å². The van der Waals surface area contributed by atoms with Gasteiger partial charge < -0.3 is 15.6 Å². The molecule has 6 rings (SSSR count). The standard InChI is InChI=1S/C31H25N3O2/c1-4-19-9-11-23-26(15-19)33-29-24(30(32)35)13-12-22(28(23)29)21-6-5-7-27(18(21)3)34-16-20-10-8-17(2)14-25(20)31(34)36/h4-15,33H,1,16H2,2-3H3,(H2,32,35). The van der Waals surface area contributed by atoms with E-state index in [1.807, 2.05) is 73.3 Å². The number of hydrogen-bond donors (Lipinski definition) is 2. The number of H-pyrrole nitrogens is 1. The molecule has 5 heteroatoms. The van der Waals surface area contributed by atoms with Crippen LogP contribution in [-0.2, 0) is 6.54 Å². The molecule has 36 heavy (non-hydrogen) atoms. The Hall–Kier alpha value is -4.38. The number of nitrogens with two attached hydrogens (primary N) is 1. The second-order valence-corrected chi connectivity index (χ2v) is 9.41. The summed E-state index contributed by atoms with van der Waals surface area (Å²) >= 11 is 0. The lowest BCUT2D eigenvalue weighted by Crippen LogP contribution is -2.24. The summed E-state index contributed by atoms with van der Waals surface area (Å²) in [6, 6.07) is 21.9. The first-order valence-corrected chi connectivity index (χ1v) is 11.9. The number of aryl methyl sites for hydroxylation is 1. The van der Waals surface area contributed by atoms with Crippen molar-refractivity contribution in [3.05, 3.63) is 113 Å². The van der Waals surface area contributed by atoms with Gasteiger partial charge in [-0.3, -0.25) is 9.59 Å². The maximum atomic E-state index is 13.3. The number of rotatable bonds is 4. The van der Waals surface area contributed by atoms with Crippen molar-refractivity contribution in [1.29, 1.82) is 0 Å². The number of nitrogens with zero attached hydrogens (tertiary/aromatic N) is 1. The highest BCUT2D eigenvalue weighted by Gasteiger charge is 2.30. The van der Waals surface area contributed by atoms with Crippen LogP contribution in [0.1, 0.15) is 43.0 Å². The Bertz CT molecular complexity index is 1730. The van der Waals surface area contributed by atoms with Gasteiger partial charge in [-0.25, -0.2) is 0 Å². The number of benzene rings is 4. The van der Waals surface area contributed by atoms with Crippen LogP contribution in [0.25, 0.3) is 32.9 Å². The number of carbonyl (C=O) groups is 2. The van der Waals surface area contributed by atoms with E-state index in [0.717, 1.165) is 60.9 Å².